The standard InChI is InChI=1S/C35H37N2O7P/c1-26(34(39)40)37(32-20-18-30(19-21-32)29-16-10-5-11-17-29)33(38)31(22-27-12-6-3-7-13-27)24-45(42,43-2)25-36-35(41)44-23-28-14-8-4-9-15-28/h3-21,26,31H,22-25H2,1-2H3,(H,36,41)(H,39,40)/t26-,31?,45?/m0/s1. The number of carbonyl (C=O) groups is 3. The van der Waals surface area contributed by atoms with Crippen LogP contribution in [0.4, 0.5) is 10.5 Å². The monoisotopic (exact) mass is 628 g/mol. The highest BCUT2D eigenvalue weighted by Crippen LogP contribution is 2.47. The second-order valence-corrected chi connectivity index (χ2v) is 13.3. The van der Waals surface area contributed by atoms with Gasteiger partial charge in [-0.1, -0.05) is 103 Å². The summed E-state index contributed by atoms with van der Waals surface area (Å²) < 4.78 is 24.6. The molecule has 0 aromatic heterocycles. The summed E-state index contributed by atoms with van der Waals surface area (Å²) in [6.07, 6.45) is -1.20. The van der Waals surface area contributed by atoms with Crippen molar-refractivity contribution >= 4 is 31.0 Å². The first-order chi connectivity index (χ1) is 21.7. The van der Waals surface area contributed by atoms with Gasteiger partial charge in [0.1, 0.15) is 12.6 Å². The van der Waals surface area contributed by atoms with Crippen molar-refractivity contribution in [1.82, 2.24) is 5.32 Å². The van der Waals surface area contributed by atoms with Crippen LogP contribution in [0.3, 0.4) is 0 Å². The molecule has 0 heterocycles. The first kappa shape index (κ1) is 33.2. The molecule has 45 heavy (non-hydrogen) atoms. The zero-order valence-corrected chi connectivity index (χ0v) is 26.1. The minimum atomic E-state index is -3.64. The lowest BCUT2D eigenvalue weighted by Gasteiger charge is -2.32. The number of nitrogens with one attached hydrogen (secondary N) is 1. The molecule has 4 aromatic rings. The van der Waals surface area contributed by atoms with Crippen LogP contribution in [0.1, 0.15) is 18.1 Å². The van der Waals surface area contributed by atoms with E-state index in [0.717, 1.165) is 22.3 Å². The molecule has 0 spiro atoms. The number of carboxylic acids is 1. The molecule has 2 unspecified atom stereocenters. The van der Waals surface area contributed by atoms with Crippen molar-refractivity contribution in [1.29, 1.82) is 0 Å². The van der Waals surface area contributed by atoms with E-state index in [-0.39, 0.29) is 25.5 Å². The molecule has 3 atom stereocenters. The van der Waals surface area contributed by atoms with Gasteiger partial charge in [-0.25, -0.2) is 9.59 Å². The van der Waals surface area contributed by atoms with Crippen LogP contribution < -0.4 is 10.2 Å². The second kappa shape index (κ2) is 15.8. The lowest BCUT2D eigenvalue weighted by Crippen LogP contribution is -2.47. The average molecular weight is 629 g/mol. The maximum absolute atomic E-state index is 14.3. The van der Waals surface area contributed by atoms with Crippen LogP contribution in [0.5, 0.6) is 0 Å². The summed E-state index contributed by atoms with van der Waals surface area (Å²) in [5.41, 5.74) is 3.87. The molecule has 0 aliphatic heterocycles. The largest absolute Gasteiger partial charge is 0.480 e. The Morgan fingerprint density at radius 1 is 0.800 bits per heavy atom. The number of aliphatic carboxylic acids is 1. The fourth-order valence-corrected chi connectivity index (χ4v) is 6.66. The number of carbonyl (C=O) groups excluding carboxylic acids is 2. The molecule has 10 heteroatoms. The normalized spacial score (nSPS) is 13.6. The number of nitrogens with zero attached hydrogens (tertiary/aromatic N) is 1. The number of rotatable bonds is 14. The van der Waals surface area contributed by atoms with Crippen LogP contribution in [0, 0.1) is 5.92 Å². The number of hydrogen-bond acceptors (Lipinski definition) is 6. The quantitative estimate of drug-likeness (QED) is 0.147. The first-order valence-electron chi connectivity index (χ1n) is 14.5. The molecule has 234 valence electrons. The Labute approximate surface area is 263 Å². The van der Waals surface area contributed by atoms with E-state index in [1.807, 2.05) is 103 Å². The zero-order valence-electron chi connectivity index (χ0n) is 25.2. The average Bonchev–Trinajstić information content (AvgIpc) is 3.07. The first-order valence-corrected chi connectivity index (χ1v) is 16.5. The molecule has 0 aliphatic carbocycles. The van der Waals surface area contributed by atoms with Crippen LogP contribution in [-0.4, -0.2) is 48.7 Å². The Hall–Kier alpha value is -4.72. The number of alkyl carbamates (subject to hydrolysis) is 1. The molecule has 4 rings (SSSR count). The molecule has 0 saturated heterocycles. The van der Waals surface area contributed by atoms with Crippen molar-refractivity contribution in [3.63, 3.8) is 0 Å². The molecule has 0 fully saturated rings. The molecule has 0 bridgehead atoms. The lowest BCUT2D eigenvalue weighted by atomic mass is 9.98. The third-order valence-electron chi connectivity index (χ3n) is 7.42. The van der Waals surface area contributed by atoms with Crippen molar-refractivity contribution in [2.45, 2.75) is 26.0 Å². The maximum atomic E-state index is 14.3. The minimum Gasteiger partial charge on any atom is -0.480 e. The molecule has 4 aromatic carbocycles. The Balaban J connectivity index is 1.57. The summed E-state index contributed by atoms with van der Waals surface area (Å²) in [5, 5.41) is 12.5. The van der Waals surface area contributed by atoms with Crippen molar-refractivity contribution in [3.05, 3.63) is 126 Å². The van der Waals surface area contributed by atoms with Gasteiger partial charge in [-0.05, 0) is 47.7 Å². The summed E-state index contributed by atoms with van der Waals surface area (Å²) in [6.45, 7) is 1.47. The smallest absolute Gasteiger partial charge is 0.407 e. The molecular formula is C35H37N2O7P. The SMILES string of the molecule is COP(=O)(CNC(=O)OCc1ccccc1)CC(Cc1ccccc1)C(=O)N(c1ccc(-c2ccccc2)cc1)[C@@H](C)C(=O)O. The van der Waals surface area contributed by atoms with Gasteiger partial charge in [0.25, 0.3) is 0 Å². The van der Waals surface area contributed by atoms with E-state index >= 15 is 0 Å². The Morgan fingerprint density at radius 3 is 1.89 bits per heavy atom. The molecule has 0 saturated carbocycles. The highest BCUT2D eigenvalue weighted by molar-refractivity contribution is 7.59. The molecule has 2 N–H and O–H groups in total. The van der Waals surface area contributed by atoms with E-state index in [4.69, 9.17) is 9.26 Å². The van der Waals surface area contributed by atoms with Crippen LogP contribution in [0.2, 0.25) is 0 Å². The van der Waals surface area contributed by atoms with Gasteiger partial charge in [-0.15, -0.1) is 0 Å². The van der Waals surface area contributed by atoms with Gasteiger partial charge in [-0.2, -0.15) is 0 Å². The van der Waals surface area contributed by atoms with Crippen molar-refractivity contribution in [2.24, 2.45) is 5.92 Å². The van der Waals surface area contributed by atoms with Crippen LogP contribution >= 0.6 is 7.37 Å². The van der Waals surface area contributed by atoms with Gasteiger partial charge >= 0.3 is 12.1 Å². The maximum Gasteiger partial charge on any atom is 0.407 e. The number of ether oxygens (including phenoxy) is 1. The van der Waals surface area contributed by atoms with Crippen LogP contribution in [0.15, 0.2) is 115 Å². The van der Waals surface area contributed by atoms with Gasteiger partial charge in [-0.3, -0.25) is 14.3 Å². The third-order valence-corrected chi connectivity index (χ3v) is 9.72. The number of carboxylic acid groups (broad SMARTS) is 1. The van der Waals surface area contributed by atoms with Gasteiger partial charge in [0, 0.05) is 19.0 Å². The van der Waals surface area contributed by atoms with Crippen molar-refractivity contribution in [2.75, 3.05) is 24.5 Å². The second-order valence-electron chi connectivity index (χ2n) is 10.6. The van der Waals surface area contributed by atoms with Gasteiger partial charge in [0.15, 0.2) is 0 Å². The van der Waals surface area contributed by atoms with E-state index in [1.165, 1.54) is 18.9 Å². The molecule has 2 amide bonds. The summed E-state index contributed by atoms with van der Waals surface area (Å²) in [6, 6.07) is 33.9. The van der Waals surface area contributed by atoms with Crippen molar-refractivity contribution in [3.8, 4) is 11.1 Å². The summed E-state index contributed by atoms with van der Waals surface area (Å²) in [7, 11) is -2.37. The zero-order chi connectivity index (χ0) is 32.2. The predicted octanol–water partition coefficient (Wildman–Crippen LogP) is 6.83. The lowest BCUT2D eigenvalue weighted by molar-refractivity contribution is -0.140. The fourth-order valence-electron chi connectivity index (χ4n) is 4.92. The van der Waals surface area contributed by atoms with Gasteiger partial charge in [0.2, 0.25) is 13.3 Å². The molecular weight excluding hydrogens is 591 g/mol. The molecule has 0 radical (unpaired) electrons. The topological polar surface area (TPSA) is 122 Å². The predicted molar refractivity (Wildman–Crippen MR) is 174 cm³/mol. The third kappa shape index (κ3) is 9.38. The van der Waals surface area contributed by atoms with E-state index in [1.54, 1.807) is 12.1 Å². The number of hydrogen-bond donors (Lipinski definition) is 2. The number of amides is 2. The highest BCUT2D eigenvalue weighted by atomic mass is 31.2. The molecule has 9 nitrogen and oxygen atoms in total. The minimum absolute atomic E-state index is 0.0319. The highest BCUT2D eigenvalue weighted by Gasteiger charge is 2.37. The van der Waals surface area contributed by atoms with E-state index < -0.39 is 37.3 Å². The summed E-state index contributed by atoms with van der Waals surface area (Å²) in [5.74, 6) is -2.65. The van der Waals surface area contributed by atoms with Gasteiger partial charge < -0.3 is 19.7 Å². The van der Waals surface area contributed by atoms with Gasteiger partial charge in [0.05, 0.1) is 12.2 Å². The van der Waals surface area contributed by atoms with E-state index in [2.05, 4.69) is 5.32 Å². The molecule has 0 aliphatic rings. The Bertz CT molecular complexity index is 1600. The van der Waals surface area contributed by atoms with Crippen molar-refractivity contribution < 1.29 is 33.3 Å². The Kier molecular flexibility index (Phi) is 11.7. The number of anilines is 1. The number of benzene rings is 4. The van der Waals surface area contributed by atoms with Crippen LogP contribution in [-0.2, 0) is 36.4 Å². The fraction of sp³-hybridized carbons (Fsp3) is 0.229. The Morgan fingerprint density at radius 2 is 1.33 bits per heavy atom. The summed E-state index contributed by atoms with van der Waals surface area (Å²) in [4.78, 5) is 40.2. The van der Waals surface area contributed by atoms with E-state index in [0.29, 0.717) is 5.69 Å². The van der Waals surface area contributed by atoms with E-state index in [9.17, 15) is 24.1 Å². The van der Waals surface area contributed by atoms with Crippen LogP contribution in [0.25, 0.3) is 11.1 Å². The summed E-state index contributed by atoms with van der Waals surface area (Å²) >= 11 is 0.